The van der Waals surface area contributed by atoms with E-state index in [2.05, 4.69) is 10.3 Å². The number of nitrogens with one attached hydrogen (secondary N) is 1. The van der Waals surface area contributed by atoms with Gasteiger partial charge in [-0.15, -0.1) is 0 Å². The quantitative estimate of drug-likeness (QED) is 0.754. The van der Waals surface area contributed by atoms with E-state index in [1.165, 1.54) is 6.20 Å². The van der Waals surface area contributed by atoms with E-state index in [0.29, 0.717) is 23.7 Å². The van der Waals surface area contributed by atoms with E-state index in [4.69, 9.17) is 5.73 Å². The Kier molecular flexibility index (Phi) is 3.45. The maximum Gasteiger partial charge on any atom is 0.253 e. The Labute approximate surface area is 83.5 Å². The van der Waals surface area contributed by atoms with Gasteiger partial charge in [-0.2, -0.15) is 0 Å². The average Bonchev–Trinajstić information content (AvgIpc) is 2.15. The van der Waals surface area contributed by atoms with Crippen molar-refractivity contribution in [3.05, 3.63) is 24.0 Å². The van der Waals surface area contributed by atoms with Crippen molar-refractivity contribution in [2.75, 3.05) is 12.3 Å². The van der Waals surface area contributed by atoms with Gasteiger partial charge in [-0.05, 0) is 12.0 Å². The van der Waals surface area contributed by atoms with Crippen molar-refractivity contribution in [2.45, 2.75) is 13.8 Å². The van der Waals surface area contributed by atoms with E-state index in [-0.39, 0.29) is 5.91 Å². The molecule has 1 aromatic heterocycles. The van der Waals surface area contributed by atoms with Gasteiger partial charge in [0.2, 0.25) is 0 Å². The Balaban J connectivity index is 2.65. The Morgan fingerprint density at radius 2 is 2.36 bits per heavy atom. The number of hydrogen-bond donors (Lipinski definition) is 2. The van der Waals surface area contributed by atoms with E-state index in [1.807, 2.05) is 13.8 Å². The summed E-state index contributed by atoms with van der Waals surface area (Å²) in [6, 6.07) is 1.62. The largest absolute Gasteiger partial charge is 0.397 e. The van der Waals surface area contributed by atoms with Gasteiger partial charge >= 0.3 is 0 Å². The molecule has 1 heterocycles. The number of carbonyl (C=O) groups is 1. The highest BCUT2D eigenvalue weighted by atomic mass is 16.1. The summed E-state index contributed by atoms with van der Waals surface area (Å²) >= 11 is 0. The van der Waals surface area contributed by atoms with Crippen LogP contribution >= 0.6 is 0 Å². The van der Waals surface area contributed by atoms with Gasteiger partial charge in [0.25, 0.3) is 5.91 Å². The molecule has 0 aromatic carbocycles. The summed E-state index contributed by atoms with van der Waals surface area (Å²) < 4.78 is 0. The van der Waals surface area contributed by atoms with Crippen LogP contribution in [0.25, 0.3) is 0 Å². The molecule has 0 atom stereocenters. The molecule has 14 heavy (non-hydrogen) atoms. The molecule has 3 N–H and O–H groups in total. The van der Waals surface area contributed by atoms with Gasteiger partial charge < -0.3 is 11.1 Å². The van der Waals surface area contributed by atoms with Crippen LogP contribution in [0.3, 0.4) is 0 Å². The molecular weight excluding hydrogens is 178 g/mol. The maximum absolute atomic E-state index is 11.6. The Morgan fingerprint density at radius 1 is 1.64 bits per heavy atom. The first kappa shape index (κ1) is 10.5. The number of aromatic nitrogens is 1. The standard InChI is InChI=1S/C10H15N3O/c1-7(2)5-13-10(14)8-3-4-12-6-9(8)11/h3-4,6-7H,5,11H2,1-2H3,(H,13,14). The molecule has 0 unspecified atom stereocenters. The van der Waals surface area contributed by atoms with Crippen molar-refractivity contribution in [2.24, 2.45) is 5.92 Å². The summed E-state index contributed by atoms with van der Waals surface area (Å²) in [4.78, 5) is 15.4. The van der Waals surface area contributed by atoms with E-state index in [9.17, 15) is 4.79 Å². The SMILES string of the molecule is CC(C)CNC(=O)c1ccncc1N. The smallest absolute Gasteiger partial charge is 0.253 e. The normalized spacial score (nSPS) is 10.2. The molecule has 1 rings (SSSR count). The molecule has 0 aliphatic heterocycles. The van der Waals surface area contributed by atoms with Crippen LogP contribution < -0.4 is 11.1 Å². The predicted molar refractivity (Wildman–Crippen MR) is 55.8 cm³/mol. The molecule has 0 spiro atoms. The lowest BCUT2D eigenvalue weighted by molar-refractivity contribution is 0.0950. The number of nitrogens with zero attached hydrogens (tertiary/aromatic N) is 1. The molecule has 1 aromatic rings. The number of hydrogen-bond acceptors (Lipinski definition) is 3. The minimum Gasteiger partial charge on any atom is -0.397 e. The summed E-state index contributed by atoms with van der Waals surface area (Å²) in [6.07, 6.45) is 3.03. The number of carbonyl (C=O) groups excluding carboxylic acids is 1. The van der Waals surface area contributed by atoms with Crippen LogP contribution in [0.2, 0.25) is 0 Å². The van der Waals surface area contributed by atoms with E-state index < -0.39 is 0 Å². The third-order valence-electron chi connectivity index (χ3n) is 1.77. The van der Waals surface area contributed by atoms with Crippen molar-refractivity contribution >= 4 is 11.6 Å². The van der Waals surface area contributed by atoms with Crippen LogP contribution in [-0.2, 0) is 0 Å². The van der Waals surface area contributed by atoms with Crippen LogP contribution in [0.5, 0.6) is 0 Å². The van der Waals surface area contributed by atoms with Gasteiger partial charge in [0.15, 0.2) is 0 Å². The maximum atomic E-state index is 11.6. The Morgan fingerprint density at radius 3 is 2.93 bits per heavy atom. The Hall–Kier alpha value is -1.58. The van der Waals surface area contributed by atoms with Crippen molar-refractivity contribution in [1.82, 2.24) is 10.3 Å². The van der Waals surface area contributed by atoms with E-state index in [1.54, 1.807) is 12.3 Å². The molecule has 0 aliphatic rings. The van der Waals surface area contributed by atoms with Gasteiger partial charge in [0.1, 0.15) is 0 Å². The number of amides is 1. The molecule has 4 heteroatoms. The summed E-state index contributed by atoms with van der Waals surface area (Å²) in [5.41, 5.74) is 6.50. The summed E-state index contributed by atoms with van der Waals surface area (Å²) in [6.45, 7) is 4.73. The van der Waals surface area contributed by atoms with Gasteiger partial charge in [-0.25, -0.2) is 0 Å². The lowest BCUT2D eigenvalue weighted by Gasteiger charge is -2.08. The predicted octanol–water partition coefficient (Wildman–Crippen LogP) is 1.05. The van der Waals surface area contributed by atoms with E-state index >= 15 is 0 Å². The molecule has 0 aliphatic carbocycles. The molecule has 4 nitrogen and oxygen atoms in total. The summed E-state index contributed by atoms with van der Waals surface area (Å²) in [7, 11) is 0. The fourth-order valence-corrected chi connectivity index (χ4v) is 1.01. The first-order valence-corrected chi connectivity index (χ1v) is 4.59. The highest BCUT2D eigenvalue weighted by Gasteiger charge is 2.08. The van der Waals surface area contributed by atoms with Crippen LogP contribution in [0.15, 0.2) is 18.5 Å². The summed E-state index contributed by atoms with van der Waals surface area (Å²) in [5.74, 6) is 0.292. The van der Waals surface area contributed by atoms with Crippen molar-refractivity contribution in [3.8, 4) is 0 Å². The molecule has 76 valence electrons. The minimum absolute atomic E-state index is 0.140. The van der Waals surface area contributed by atoms with Gasteiger partial charge in [0, 0.05) is 12.7 Å². The monoisotopic (exact) mass is 193 g/mol. The van der Waals surface area contributed by atoms with Gasteiger partial charge in [-0.1, -0.05) is 13.8 Å². The third-order valence-corrected chi connectivity index (χ3v) is 1.77. The van der Waals surface area contributed by atoms with Crippen LogP contribution in [0.1, 0.15) is 24.2 Å². The van der Waals surface area contributed by atoms with Crippen molar-refractivity contribution < 1.29 is 4.79 Å². The molecule has 0 saturated heterocycles. The topological polar surface area (TPSA) is 68.0 Å². The second-order valence-corrected chi connectivity index (χ2v) is 3.57. The molecule has 0 radical (unpaired) electrons. The summed E-state index contributed by atoms with van der Waals surface area (Å²) in [5, 5.41) is 2.79. The highest BCUT2D eigenvalue weighted by Crippen LogP contribution is 2.07. The zero-order valence-electron chi connectivity index (χ0n) is 8.45. The highest BCUT2D eigenvalue weighted by molar-refractivity contribution is 5.98. The van der Waals surface area contributed by atoms with Crippen LogP contribution in [0, 0.1) is 5.92 Å². The number of nitrogens with two attached hydrogens (primary N) is 1. The second kappa shape index (κ2) is 4.60. The zero-order valence-corrected chi connectivity index (χ0v) is 8.45. The molecule has 0 fully saturated rings. The zero-order chi connectivity index (χ0) is 10.6. The fraction of sp³-hybridized carbons (Fsp3) is 0.400. The van der Waals surface area contributed by atoms with Crippen molar-refractivity contribution in [1.29, 1.82) is 0 Å². The number of pyridine rings is 1. The minimum atomic E-state index is -0.140. The molecule has 0 bridgehead atoms. The first-order chi connectivity index (χ1) is 6.61. The number of anilines is 1. The first-order valence-electron chi connectivity index (χ1n) is 4.59. The number of rotatable bonds is 3. The Bertz CT molecular complexity index is 323. The lowest BCUT2D eigenvalue weighted by atomic mass is 10.2. The fourth-order valence-electron chi connectivity index (χ4n) is 1.01. The van der Waals surface area contributed by atoms with Gasteiger partial charge in [-0.3, -0.25) is 9.78 Å². The molecule has 0 saturated carbocycles. The van der Waals surface area contributed by atoms with Crippen LogP contribution in [0.4, 0.5) is 5.69 Å². The third kappa shape index (κ3) is 2.73. The molecular formula is C10H15N3O. The molecule has 1 amide bonds. The van der Waals surface area contributed by atoms with Crippen LogP contribution in [-0.4, -0.2) is 17.4 Å². The lowest BCUT2D eigenvalue weighted by Crippen LogP contribution is -2.27. The van der Waals surface area contributed by atoms with Gasteiger partial charge in [0.05, 0.1) is 17.4 Å². The number of nitrogen functional groups attached to an aromatic ring is 1. The van der Waals surface area contributed by atoms with E-state index in [0.717, 1.165) is 0 Å². The average molecular weight is 193 g/mol. The van der Waals surface area contributed by atoms with Crippen molar-refractivity contribution in [3.63, 3.8) is 0 Å². The second-order valence-electron chi connectivity index (χ2n) is 3.57.